The van der Waals surface area contributed by atoms with E-state index in [1.807, 2.05) is 13.8 Å². The van der Waals surface area contributed by atoms with Gasteiger partial charge < -0.3 is 9.05 Å². The first-order valence-electron chi connectivity index (χ1n) is 4.39. The lowest BCUT2D eigenvalue weighted by Gasteiger charge is -2.20. The third kappa shape index (κ3) is 4.62. The highest BCUT2D eigenvalue weighted by Gasteiger charge is 2.18. The standard InChI is InChI=1S/C10H17O3P/c1-6-10(4,5)9(3)8-13-14(11)12-7-2/h1,14H,3,7-8H2,2,4-5H3. The third-order valence-electron chi connectivity index (χ3n) is 1.87. The minimum atomic E-state index is -2.38. The average molecular weight is 216 g/mol. The van der Waals surface area contributed by atoms with Crippen molar-refractivity contribution in [1.82, 2.24) is 0 Å². The highest BCUT2D eigenvalue weighted by atomic mass is 31.1. The highest BCUT2D eigenvalue weighted by molar-refractivity contribution is 7.33. The van der Waals surface area contributed by atoms with Crippen LogP contribution in [0.5, 0.6) is 0 Å². The molecule has 0 saturated carbocycles. The Kier molecular flexibility index (Phi) is 5.79. The molecule has 0 aromatic heterocycles. The van der Waals surface area contributed by atoms with E-state index in [-0.39, 0.29) is 6.61 Å². The van der Waals surface area contributed by atoms with Crippen molar-refractivity contribution < 1.29 is 13.6 Å². The molecule has 0 fully saturated rings. The zero-order valence-corrected chi connectivity index (χ0v) is 9.92. The van der Waals surface area contributed by atoms with Crippen LogP contribution in [0, 0.1) is 17.8 Å². The summed E-state index contributed by atoms with van der Waals surface area (Å²) in [5.74, 6) is 2.59. The summed E-state index contributed by atoms with van der Waals surface area (Å²) >= 11 is 0. The quantitative estimate of drug-likeness (QED) is 0.389. The summed E-state index contributed by atoms with van der Waals surface area (Å²) in [4.78, 5) is 0. The molecule has 14 heavy (non-hydrogen) atoms. The van der Waals surface area contributed by atoms with Gasteiger partial charge >= 0.3 is 8.25 Å². The van der Waals surface area contributed by atoms with Crippen LogP contribution in [0.25, 0.3) is 0 Å². The number of rotatable bonds is 6. The van der Waals surface area contributed by atoms with Crippen LogP contribution in [0.4, 0.5) is 0 Å². The molecule has 0 N–H and O–H groups in total. The Morgan fingerprint density at radius 1 is 1.57 bits per heavy atom. The molecule has 1 unspecified atom stereocenters. The molecule has 0 aliphatic carbocycles. The van der Waals surface area contributed by atoms with E-state index in [0.29, 0.717) is 6.61 Å². The summed E-state index contributed by atoms with van der Waals surface area (Å²) < 4.78 is 20.7. The van der Waals surface area contributed by atoms with Gasteiger partial charge in [-0.05, 0) is 26.3 Å². The van der Waals surface area contributed by atoms with Crippen molar-refractivity contribution in [3.05, 3.63) is 12.2 Å². The first kappa shape index (κ1) is 13.4. The predicted octanol–water partition coefficient (Wildman–Crippen LogP) is 2.64. The van der Waals surface area contributed by atoms with Crippen molar-refractivity contribution in [3.63, 3.8) is 0 Å². The molecule has 0 radical (unpaired) electrons. The van der Waals surface area contributed by atoms with Crippen LogP contribution in [-0.2, 0) is 13.6 Å². The van der Waals surface area contributed by atoms with E-state index in [9.17, 15) is 4.57 Å². The topological polar surface area (TPSA) is 35.5 Å². The molecule has 0 aliphatic heterocycles. The van der Waals surface area contributed by atoms with E-state index in [1.54, 1.807) is 6.92 Å². The molecule has 0 amide bonds. The average Bonchev–Trinajstić information content (AvgIpc) is 2.14. The predicted molar refractivity (Wildman–Crippen MR) is 58.3 cm³/mol. The van der Waals surface area contributed by atoms with Crippen LogP contribution in [0.15, 0.2) is 12.2 Å². The number of terminal acetylenes is 1. The van der Waals surface area contributed by atoms with Crippen molar-refractivity contribution in [3.8, 4) is 12.3 Å². The lowest BCUT2D eigenvalue weighted by molar-refractivity contribution is 0.241. The van der Waals surface area contributed by atoms with Crippen LogP contribution in [-0.4, -0.2) is 13.2 Å². The Balaban J connectivity index is 3.99. The number of hydrogen-bond donors (Lipinski definition) is 0. The van der Waals surface area contributed by atoms with E-state index in [2.05, 4.69) is 12.5 Å². The van der Waals surface area contributed by atoms with E-state index >= 15 is 0 Å². The first-order chi connectivity index (χ1) is 6.44. The monoisotopic (exact) mass is 216 g/mol. The molecule has 0 bridgehead atoms. The second kappa shape index (κ2) is 6.03. The Bertz CT molecular complexity index is 263. The van der Waals surface area contributed by atoms with Gasteiger partial charge in [0.25, 0.3) is 0 Å². The van der Waals surface area contributed by atoms with Crippen molar-refractivity contribution in [2.75, 3.05) is 13.2 Å². The van der Waals surface area contributed by atoms with Gasteiger partial charge in [0.05, 0.1) is 13.2 Å². The zero-order valence-electron chi connectivity index (χ0n) is 8.92. The second-order valence-corrected chi connectivity index (χ2v) is 4.42. The Hall–Kier alpha value is -0.550. The van der Waals surface area contributed by atoms with Crippen LogP contribution in [0.3, 0.4) is 0 Å². The smallest absolute Gasteiger partial charge is 0.311 e. The van der Waals surface area contributed by atoms with Gasteiger partial charge in [-0.3, -0.25) is 4.57 Å². The third-order valence-corrected chi connectivity index (χ3v) is 2.78. The minimum Gasteiger partial charge on any atom is -0.311 e. The van der Waals surface area contributed by atoms with Gasteiger partial charge in [0.1, 0.15) is 0 Å². The van der Waals surface area contributed by atoms with Crippen LogP contribution >= 0.6 is 8.25 Å². The molecule has 0 aromatic carbocycles. The fourth-order valence-corrected chi connectivity index (χ4v) is 1.20. The molecule has 0 spiro atoms. The maximum absolute atomic E-state index is 11.0. The molecule has 80 valence electrons. The van der Waals surface area contributed by atoms with E-state index in [4.69, 9.17) is 15.5 Å². The van der Waals surface area contributed by atoms with Gasteiger partial charge in [-0.2, -0.15) is 0 Å². The van der Waals surface area contributed by atoms with Gasteiger partial charge in [0, 0.05) is 5.41 Å². The van der Waals surface area contributed by atoms with E-state index in [1.165, 1.54) is 0 Å². The lowest BCUT2D eigenvalue weighted by Crippen LogP contribution is -2.14. The summed E-state index contributed by atoms with van der Waals surface area (Å²) in [6, 6.07) is 0. The molecule has 0 rings (SSSR count). The van der Waals surface area contributed by atoms with Crippen molar-refractivity contribution in [2.24, 2.45) is 5.41 Å². The lowest BCUT2D eigenvalue weighted by atomic mass is 9.87. The zero-order chi connectivity index (χ0) is 11.2. The maximum Gasteiger partial charge on any atom is 0.319 e. The second-order valence-electron chi connectivity index (χ2n) is 3.34. The molecule has 1 atom stereocenters. The van der Waals surface area contributed by atoms with Crippen LogP contribution < -0.4 is 0 Å². The fraction of sp³-hybridized carbons (Fsp3) is 0.600. The summed E-state index contributed by atoms with van der Waals surface area (Å²) in [6.07, 6.45) is 5.30. The van der Waals surface area contributed by atoms with E-state index in [0.717, 1.165) is 5.57 Å². The summed E-state index contributed by atoms with van der Waals surface area (Å²) in [6.45, 7) is 9.81. The van der Waals surface area contributed by atoms with Crippen molar-refractivity contribution >= 4 is 8.25 Å². The van der Waals surface area contributed by atoms with Crippen LogP contribution in [0.1, 0.15) is 20.8 Å². The Morgan fingerprint density at radius 3 is 2.57 bits per heavy atom. The summed E-state index contributed by atoms with van der Waals surface area (Å²) in [7, 11) is -2.38. The Morgan fingerprint density at radius 2 is 2.14 bits per heavy atom. The Labute approximate surface area is 86.4 Å². The van der Waals surface area contributed by atoms with Crippen LogP contribution in [0.2, 0.25) is 0 Å². The molecule has 0 heterocycles. The van der Waals surface area contributed by atoms with Gasteiger partial charge in [-0.1, -0.05) is 12.5 Å². The molecule has 0 aromatic rings. The minimum absolute atomic E-state index is 0.176. The number of hydrogen-bond acceptors (Lipinski definition) is 3. The molecular formula is C10H17O3P. The van der Waals surface area contributed by atoms with E-state index < -0.39 is 13.7 Å². The molecule has 0 aliphatic rings. The largest absolute Gasteiger partial charge is 0.319 e. The molecule has 3 nitrogen and oxygen atoms in total. The molecule has 0 saturated heterocycles. The SMILES string of the molecule is C#CC(C)(C)C(=C)CO[PH](=O)OCC. The van der Waals surface area contributed by atoms with Crippen molar-refractivity contribution in [1.29, 1.82) is 0 Å². The summed E-state index contributed by atoms with van der Waals surface area (Å²) in [5, 5.41) is 0. The fourth-order valence-electron chi connectivity index (χ4n) is 0.588. The van der Waals surface area contributed by atoms with Gasteiger partial charge in [0.2, 0.25) is 0 Å². The summed E-state index contributed by atoms with van der Waals surface area (Å²) in [5.41, 5.74) is 0.284. The molecular weight excluding hydrogens is 199 g/mol. The van der Waals surface area contributed by atoms with Gasteiger partial charge in [0.15, 0.2) is 0 Å². The molecule has 4 heteroatoms. The maximum atomic E-state index is 11.0. The highest BCUT2D eigenvalue weighted by Crippen LogP contribution is 2.29. The normalized spacial score (nSPS) is 13.3. The van der Waals surface area contributed by atoms with Crippen molar-refractivity contribution in [2.45, 2.75) is 20.8 Å². The first-order valence-corrected chi connectivity index (χ1v) is 5.62. The van der Waals surface area contributed by atoms with Gasteiger partial charge in [-0.15, -0.1) is 6.42 Å². The van der Waals surface area contributed by atoms with Gasteiger partial charge in [-0.25, -0.2) is 0 Å².